The number of non-ortho nitro benzene ring substituents is 1. The summed E-state index contributed by atoms with van der Waals surface area (Å²) in [5.74, 6) is -0.402. The molecule has 0 bridgehead atoms. The van der Waals surface area contributed by atoms with Crippen molar-refractivity contribution < 1.29 is 14.5 Å². The van der Waals surface area contributed by atoms with Crippen LogP contribution in [0.25, 0.3) is 6.08 Å². The molecule has 0 spiro atoms. The fourth-order valence-corrected chi connectivity index (χ4v) is 4.50. The molecule has 11 heteroatoms. The Hall–Kier alpha value is -2.76. The normalized spacial score (nSPS) is 15.0. The molecule has 1 aliphatic heterocycles. The van der Waals surface area contributed by atoms with Gasteiger partial charge in [-0.15, -0.1) is 11.3 Å². The van der Waals surface area contributed by atoms with E-state index in [9.17, 15) is 19.7 Å². The molecule has 0 aliphatic carbocycles. The van der Waals surface area contributed by atoms with Gasteiger partial charge in [0.15, 0.2) is 0 Å². The number of thiocarbonyl (C=S) groups is 1. The Morgan fingerprint density at radius 3 is 2.69 bits per heavy atom. The van der Waals surface area contributed by atoms with E-state index in [4.69, 9.17) is 12.2 Å². The van der Waals surface area contributed by atoms with Crippen molar-refractivity contribution in [2.24, 2.45) is 0 Å². The minimum atomic E-state index is -0.494. The summed E-state index contributed by atoms with van der Waals surface area (Å²) in [5, 5.41) is 12.6. The van der Waals surface area contributed by atoms with Gasteiger partial charge in [-0.3, -0.25) is 35.5 Å². The van der Waals surface area contributed by atoms with Crippen LogP contribution in [0.5, 0.6) is 0 Å². The van der Waals surface area contributed by atoms with E-state index in [0.717, 1.165) is 4.88 Å². The van der Waals surface area contributed by atoms with Crippen molar-refractivity contribution in [3.63, 3.8) is 0 Å². The minimum Gasteiger partial charge on any atom is -0.299 e. The molecule has 1 aromatic heterocycles. The zero-order valence-electron chi connectivity index (χ0n) is 15.0. The Morgan fingerprint density at radius 1 is 1.28 bits per heavy atom. The Kier molecular flexibility index (Phi) is 6.96. The third-order valence-corrected chi connectivity index (χ3v) is 6.10. The van der Waals surface area contributed by atoms with E-state index in [2.05, 4.69) is 10.9 Å². The number of amides is 2. The third kappa shape index (κ3) is 5.62. The van der Waals surface area contributed by atoms with Crippen LogP contribution >= 0.6 is 35.3 Å². The molecule has 1 fully saturated rings. The van der Waals surface area contributed by atoms with Crippen molar-refractivity contribution in [2.45, 2.75) is 12.8 Å². The molecule has 3 rings (SSSR count). The van der Waals surface area contributed by atoms with Crippen LogP contribution in [0.3, 0.4) is 0 Å². The molecular formula is C18H16N4O4S3. The largest absolute Gasteiger partial charge is 0.299 e. The zero-order chi connectivity index (χ0) is 20.8. The SMILES string of the molecule is O=C(CCCN1C(=O)/C(=C\c2cccs2)SC1=S)NNc1ccc([N+](=O)[O-])cc1. The van der Waals surface area contributed by atoms with E-state index in [1.54, 1.807) is 11.3 Å². The van der Waals surface area contributed by atoms with Crippen LogP contribution < -0.4 is 10.9 Å². The molecule has 1 aliphatic rings. The number of benzene rings is 1. The number of nitro benzene ring substituents is 1. The molecule has 2 heterocycles. The number of thiophene rings is 1. The summed E-state index contributed by atoms with van der Waals surface area (Å²) in [6.45, 7) is 0.359. The van der Waals surface area contributed by atoms with Gasteiger partial charge < -0.3 is 0 Å². The Balaban J connectivity index is 1.43. The molecule has 0 radical (unpaired) electrons. The summed E-state index contributed by atoms with van der Waals surface area (Å²) < 4.78 is 0.488. The van der Waals surface area contributed by atoms with Gasteiger partial charge in [0.1, 0.15) is 4.32 Å². The number of hydrazine groups is 1. The number of hydrogen-bond donors (Lipinski definition) is 2. The molecule has 0 atom stereocenters. The molecule has 1 aromatic carbocycles. The number of thioether (sulfide) groups is 1. The quantitative estimate of drug-likeness (QED) is 0.274. The maximum Gasteiger partial charge on any atom is 0.269 e. The maximum atomic E-state index is 12.5. The first-order valence-electron chi connectivity index (χ1n) is 8.52. The van der Waals surface area contributed by atoms with Crippen LogP contribution in [0, 0.1) is 10.1 Å². The number of carbonyl (C=O) groups excluding carboxylic acids is 2. The smallest absolute Gasteiger partial charge is 0.269 e. The van der Waals surface area contributed by atoms with Gasteiger partial charge in [-0.25, -0.2) is 0 Å². The molecule has 2 N–H and O–H groups in total. The molecule has 1 saturated heterocycles. The highest BCUT2D eigenvalue weighted by atomic mass is 32.2. The van der Waals surface area contributed by atoms with Gasteiger partial charge in [0.25, 0.3) is 11.6 Å². The topological polar surface area (TPSA) is 105 Å². The van der Waals surface area contributed by atoms with E-state index < -0.39 is 4.92 Å². The standard InChI is InChI=1S/C18H16N4O4S3/c23-16(20-19-12-5-7-13(8-6-12)22(25)26)4-1-9-21-17(24)15(29-18(21)27)11-14-3-2-10-28-14/h2-3,5-8,10-11,19H,1,4,9H2,(H,20,23)/b15-11+. The first-order chi connectivity index (χ1) is 13.9. The second-order valence-electron chi connectivity index (χ2n) is 5.93. The summed E-state index contributed by atoms with van der Waals surface area (Å²) in [6.07, 6.45) is 2.47. The molecule has 2 amide bonds. The van der Waals surface area contributed by atoms with Crippen molar-refractivity contribution in [1.29, 1.82) is 0 Å². The molecule has 8 nitrogen and oxygen atoms in total. The fraction of sp³-hybridized carbons (Fsp3) is 0.167. The molecule has 150 valence electrons. The summed E-state index contributed by atoms with van der Waals surface area (Å²) in [6, 6.07) is 9.53. The second kappa shape index (κ2) is 9.63. The monoisotopic (exact) mass is 448 g/mol. The highest BCUT2D eigenvalue weighted by Crippen LogP contribution is 2.33. The lowest BCUT2D eigenvalue weighted by Crippen LogP contribution is -2.32. The number of carbonyl (C=O) groups is 2. The van der Waals surface area contributed by atoms with Gasteiger partial charge in [0, 0.05) is 30.0 Å². The lowest BCUT2D eigenvalue weighted by atomic mass is 10.2. The minimum absolute atomic E-state index is 0.0292. The number of nitrogens with one attached hydrogen (secondary N) is 2. The zero-order valence-corrected chi connectivity index (χ0v) is 17.4. The second-order valence-corrected chi connectivity index (χ2v) is 8.58. The van der Waals surface area contributed by atoms with E-state index in [0.29, 0.717) is 27.9 Å². The van der Waals surface area contributed by atoms with Crippen molar-refractivity contribution in [1.82, 2.24) is 10.3 Å². The van der Waals surface area contributed by atoms with Crippen LogP contribution in [0.4, 0.5) is 11.4 Å². The summed E-state index contributed by atoms with van der Waals surface area (Å²) >= 11 is 8.09. The van der Waals surface area contributed by atoms with Gasteiger partial charge >= 0.3 is 0 Å². The van der Waals surface area contributed by atoms with E-state index in [-0.39, 0.29) is 23.9 Å². The van der Waals surface area contributed by atoms with Crippen LogP contribution in [-0.4, -0.2) is 32.5 Å². The molecule has 0 saturated carbocycles. The Bertz CT molecular complexity index is 958. The molecular weight excluding hydrogens is 432 g/mol. The van der Waals surface area contributed by atoms with Gasteiger partial charge in [0.05, 0.1) is 15.5 Å². The van der Waals surface area contributed by atoms with Gasteiger partial charge in [-0.1, -0.05) is 30.0 Å². The van der Waals surface area contributed by atoms with Gasteiger partial charge in [0.2, 0.25) is 5.91 Å². The fourth-order valence-electron chi connectivity index (χ4n) is 2.46. The number of anilines is 1. The average molecular weight is 449 g/mol. The van der Waals surface area contributed by atoms with Gasteiger partial charge in [-0.05, 0) is 36.1 Å². The van der Waals surface area contributed by atoms with Crippen LogP contribution in [-0.2, 0) is 9.59 Å². The number of nitro groups is 1. The van der Waals surface area contributed by atoms with E-state index >= 15 is 0 Å². The predicted octanol–water partition coefficient (Wildman–Crippen LogP) is 3.78. The molecule has 2 aromatic rings. The summed E-state index contributed by atoms with van der Waals surface area (Å²) in [7, 11) is 0. The Labute approximate surface area is 180 Å². The lowest BCUT2D eigenvalue weighted by Gasteiger charge is -2.14. The lowest BCUT2D eigenvalue weighted by molar-refractivity contribution is -0.384. The molecule has 29 heavy (non-hydrogen) atoms. The highest BCUT2D eigenvalue weighted by molar-refractivity contribution is 8.26. The van der Waals surface area contributed by atoms with Crippen molar-refractivity contribution in [3.8, 4) is 0 Å². The van der Waals surface area contributed by atoms with Crippen molar-refractivity contribution >= 4 is 68.9 Å². The molecule has 0 unspecified atom stereocenters. The first kappa shape index (κ1) is 21.0. The van der Waals surface area contributed by atoms with Crippen LogP contribution in [0.2, 0.25) is 0 Å². The van der Waals surface area contributed by atoms with Crippen LogP contribution in [0.1, 0.15) is 17.7 Å². The van der Waals surface area contributed by atoms with E-state index in [1.165, 1.54) is 40.9 Å². The number of rotatable bonds is 8. The van der Waals surface area contributed by atoms with Crippen LogP contribution in [0.15, 0.2) is 46.7 Å². The van der Waals surface area contributed by atoms with Crippen molar-refractivity contribution in [3.05, 3.63) is 61.7 Å². The van der Waals surface area contributed by atoms with Crippen molar-refractivity contribution in [2.75, 3.05) is 12.0 Å². The maximum absolute atomic E-state index is 12.5. The Morgan fingerprint density at radius 2 is 2.03 bits per heavy atom. The third-order valence-electron chi connectivity index (χ3n) is 3.90. The van der Waals surface area contributed by atoms with Gasteiger partial charge in [-0.2, -0.15) is 0 Å². The average Bonchev–Trinajstić information content (AvgIpc) is 3.30. The number of hydrogen-bond acceptors (Lipinski definition) is 8. The summed E-state index contributed by atoms with van der Waals surface area (Å²) in [4.78, 5) is 37.7. The first-order valence-corrected chi connectivity index (χ1v) is 10.6. The highest BCUT2D eigenvalue weighted by Gasteiger charge is 2.31. The number of nitrogens with zero attached hydrogens (tertiary/aromatic N) is 2. The predicted molar refractivity (Wildman–Crippen MR) is 118 cm³/mol. The summed E-state index contributed by atoms with van der Waals surface area (Å²) in [5.41, 5.74) is 5.72. The van der Waals surface area contributed by atoms with E-state index in [1.807, 2.05) is 23.6 Å².